The second-order valence-corrected chi connectivity index (χ2v) is 12.5. The Morgan fingerprint density at radius 1 is 0.897 bits per heavy atom. The van der Waals surface area contributed by atoms with Gasteiger partial charge in [-0.15, -0.1) is 0 Å². The highest BCUT2D eigenvalue weighted by atomic mass is 79.9. The van der Waals surface area contributed by atoms with Crippen LogP contribution in [0.2, 0.25) is 0 Å². The number of anilines is 1. The number of aryl methyl sites for hydroxylation is 1. The summed E-state index contributed by atoms with van der Waals surface area (Å²) in [6.07, 6.45) is 0.585. The molecule has 0 aliphatic carbocycles. The number of hydrogen-bond acceptors (Lipinski definition) is 4. The number of carbonyl (C=O) groups excluding carboxylic acids is 2. The molecule has 208 valence electrons. The molecule has 0 aromatic heterocycles. The van der Waals surface area contributed by atoms with Crippen molar-refractivity contribution in [2.45, 2.75) is 51.6 Å². The molecular formula is C30H36BrN3O4S. The quantitative estimate of drug-likeness (QED) is 0.296. The van der Waals surface area contributed by atoms with Gasteiger partial charge in [0.2, 0.25) is 11.8 Å². The highest BCUT2D eigenvalue weighted by Crippen LogP contribution is 2.28. The lowest BCUT2D eigenvalue weighted by Gasteiger charge is -2.32. The van der Waals surface area contributed by atoms with E-state index in [0.717, 1.165) is 19.9 Å². The number of sulfonamides is 1. The molecule has 0 heterocycles. The Balaban J connectivity index is 2.03. The molecule has 1 N–H and O–H groups in total. The van der Waals surface area contributed by atoms with Gasteiger partial charge in [-0.1, -0.05) is 85.2 Å². The number of hydrogen-bond donors (Lipinski definition) is 1. The standard InChI is InChI=1S/C30H36BrN3O4S/c1-5-25-11-9-10-14-28(25)34(39(37,38)27-12-7-6-8-13-27)21-29(35)33(20-24-15-17-26(31)18-16-24)23(4)30(36)32-19-22(2)3/h6-18,22-23H,5,19-21H2,1-4H3,(H,32,36). The van der Waals surface area contributed by atoms with E-state index < -0.39 is 28.5 Å². The van der Waals surface area contributed by atoms with Crippen molar-refractivity contribution in [3.63, 3.8) is 0 Å². The lowest BCUT2D eigenvalue weighted by molar-refractivity contribution is -0.139. The third-order valence-corrected chi connectivity index (χ3v) is 8.67. The third-order valence-electron chi connectivity index (χ3n) is 6.37. The number of carbonyl (C=O) groups is 2. The van der Waals surface area contributed by atoms with E-state index in [1.54, 1.807) is 37.3 Å². The van der Waals surface area contributed by atoms with Gasteiger partial charge >= 0.3 is 0 Å². The van der Waals surface area contributed by atoms with Crippen LogP contribution in [-0.2, 0) is 32.6 Å². The van der Waals surface area contributed by atoms with Crippen molar-refractivity contribution >= 4 is 43.5 Å². The van der Waals surface area contributed by atoms with Crippen LogP contribution in [0, 0.1) is 5.92 Å². The monoisotopic (exact) mass is 613 g/mol. The highest BCUT2D eigenvalue weighted by molar-refractivity contribution is 9.10. The zero-order valence-corrected chi connectivity index (χ0v) is 25.2. The van der Waals surface area contributed by atoms with Gasteiger partial charge in [-0.2, -0.15) is 0 Å². The van der Waals surface area contributed by atoms with E-state index in [2.05, 4.69) is 21.2 Å². The van der Waals surface area contributed by atoms with Gasteiger partial charge in [0, 0.05) is 17.6 Å². The van der Waals surface area contributed by atoms with Gasteiger partial charge in [-0.25, -0.2) is 8.42 Å². The predicted octanol–water partition coefficient (Wildman–Crippen LogP) is 5.40. The van der Waals surface area contributed by atoms with Crippen LogP contribution in [0.3, 0.4) is 0 Å². The van der Waals surface area contributed by atoms with E-state index in [0.29, 0.717) is 18.7 Å². The zero-order chi connectivity index (χ0) is 28.6. The molecule has 0 aliphatic heterocycles. The molecule has 2 amide bonds. The van der Waals surface area contributed by atoms with Crippen molar-refractivity contribution in [2.75, 3.05) is 17.4 Å². The summed E-state index contributed by atoms with van der Waals surface area (Å²) < 4.78 is 29.9. The van der Waals surface area contributed by atoms with Crippen molar-refractivity contribution in [3.05, 3.63) is 94.5 Å². The van der Waals surface area contributed by atoms with Crippen LogP contribution in [0.1, 0.15) is 38.8 Å². The van der Waals surface area contributed by atoms with Gasteiger partial charge in [0.1, 0.15) is 12.6 Å². The summed E-state index contributed by atoms with van der Waals surface area (Å²) in [4.78, 5) is 28.6. The molecule has 0 fully saturated rings. The van der Waals surface area contributed by atoms with Crippen molar-refractivity contribution in [1.82, 2.24) is 10.2 Å². The van der Waals surface area contributed by atoms with Gasteiger partial charge in [0.05, 0.1) is 10.6 Å². The Kier molecular flexibility index (Phi) is 10.7. The first kappa shape index (κ1) is 30.4. The highest BCUT2D eigenvalue weighted by Gasteiger charge is 2.33. The van der Waals surface area contributed by atoms with Crippen LogP contribution in [0.25, 0.3) is 0 Å². The Morgan fingerprint density at radius 3 is 2.13 bits per heavy atom. The molecule has 0 aliphatic rings. The molecule has 3 rings (SSSR count). The van der Waals surface area contributed by atoms with Gasteiger partial charge in [-0.3, -0.25) is 13.9 Å². The first-order chi connectivity index (χ1) is 18.5. The molecule has 3 aromatic carbocycles. The van der Waals surface area contributed by atoms with Crippen molar-refractivity contribution in [3.8, 4) is 0 Å². The van der Waals surface area contributed by atoms with Crippen molar-refractivity contribution < 1.29 is 18.0 Å². The fraction of sp³-hybridized carbons (Fsp3) is 0.333. The number of nitrogens with zero attached hydrogens (tertiary/aromatic N) is 2. The Hall–Kier alpha value is -3.17. The summed E-state index contributed by atoms with van der Waals surface area (Å²) >= 11 is 3.42. The predicted molar refractivity (Wildman–Crippen MR) is 159 cm³/mol. The minimum atomic E-state index is -4.08. The summed E-state index contributed by atoms with van der Waals surface area (Å²) in [5.74, 6) is -0.523. The fourth-order valence-corrected chi connectivity index (χ4v) is 5.85. The first-order valence-corrected chi connectivity index (χ1v) is 15.2. The molecule has 0 radical (unpaired) electrons. The minimum absolute atomic E-state index is 0.0888. The van der Waals surface area contributed by atoms with E-state index in [9.17, 15) is 18.0 Å². The molecule has 7 nitrogen and oxygen atoms in total. The molecule has 39 heavy (non-hydrogen) atoms. The van der Waals surface area contributed by atoms with Gasteiger partial charge in [0.15, 0.2) is 0 Å². The average molecular weight is 615 g/mol. The van der Waals surface area contributed by atoms with E-state index in [-0.39, 0.29) is 23.3 Å². The van der Waals surface area contributed by atoms with E-state index in [1.807, 2.05) is 57.2 Å². The van der Waals surface area contributed by atoms with Crippen LogP contribution in [-0.4, -0.2) is 44.3 Å². The Labute approximate surface area is 240 Å². The number of nitrogens with one attached hydrogen (secondary N) is 1. The lowest BCUT2D eigenvalue weighted by Crippen LogP contribution is -2.51. The SMILES string of the molecule is CCc1ccccc1N(CC(=O)N(Cc1ccc(Br)cc1)C(C)C(=O)NCC(C)C)S(=O)(=O)c1ccccc1. The smallest absolute Gasteiger partial charge is 0.264 e. The number of halogens is 1. The number of amides is 2. The largest absolute Gasteiger partial charge is 0.354 e. The second kappa shape index (κ2) is 13.8. The maximum absolute atomic E-state index is 14.0. The zero-order valence-electron chi connectivity index (χ0n) is 22.8. The van der Waals surface area contributed by atoms with E-state index >= 15 is 0 Å². The van der Waals surface area contributed by atoms with Crippen LogP contribution >= 0.6 is 15.9 Å². The molecule has 1 atom stereocenters. The van der Waals surface area contributed by atoms with Crippen LogP contribution in [0.5, 0.6) is 0 Å². The van der Waals surface area contributed by atoms with Crippen molar-refractivity contribution in [2.24, 2.45) is 5.92 Å². The molecular weight excluding hydrogens is 578 g/mol. The molecule has 1 unspecified atom stereocenters. The summed E-state index contributed by atoms with van der Waals surface area (Å²) in [5, 5.41) is 2.90. The third kappa shape index (κ3) is 7.92. The fourth-order valence-electron chi connectivity index (χ4n) is 4.11. The minimum Gasteiger partial charge on any atom is -0.354 e. The van der Waals surface area contributed by atoms with E-state index in [1.165, 1.54) is 17.0 Å². The molecule has 0 saturated carbocycles. The molecule has 0 spiro atoms. The lowest BCUT2D eigenvalue weighted by atomic mass is 10.1. The molecule has 0 saturated heterocycles. The molecule has 3 aromatic rings. The second-order valence-electron chi connectivity index (χ2n) is 9.77. The molecule has 0 bridgehead atoms. The summed E-state index contributed by atoms with van der Waals surface area (Å²) in [6, 6.07) is 21.9. The maximum Gasteiger partial charge on any atom is 0.264 e. The number of benzene rings is 3. The number of para-hydroxylation sites is 1. The Bertz CT molecular complexity index is 1360. The van der Waals surface area contributed by atoms with Crippen LogP contribution in [0.15, 0.2) is 88.2 Å². The number of rotatable bonds is 12. The van der Waals surface area contributed by atoms with Gasteiger partial charge in [0.25, 0.3) is 10.0 Å². The van der Waals surface area contributed by atoms with Gasteiger partial charge < -0.3 is 10.2 Å². The van der Waals surface area contributed by atoms with Crippen molar-refractivity contribution in [1.29, 1.82) is 0 Å². The molecule has 9 heteroatoms. The first-order valence-electron chi connectivity index (χ1n) is 13.0. The summed E-state index contributed by atoms with van der Waals surface area (Å²) in [6.45, 7) is 7.77. The summed E-state index contributed by atoms with van der Waals surface area (Å²) in [7, 11) is -4.08. The van der Waals surface area contributed by atoms with Crippen LogP contribution in [0.4, 0.5) is 5.69 Å². The topological polar surface area (TPSA) is 86.8 Å². The van der Waals surface area contributed by atoms with E-state index in [4.69, 9.17) is 0 Å². The normalized spacial score (nSPS) is 12.2. The summed E-state index contributed by atoms with van der Waals surface area (Å²) in [5.41, 5.74) is 2.06. The maximum atomic E-state index is 14.0. The average Bonchev–Trinajstić information content (AvgIpc) is 2.94. The van der Waals surface area contributed by atoms with Crippen LogP contribution < -0.4 is 9.62 Å². The van der Waals surface area contributed by atoms with Gasteiger partial charge in [-0.05, 0) is 60.7 Å². The Morgan fingerprint density at radius 2 is 1.51 bits per heavy atom.